The number of hydrogen-bond acceptors (Lipinski definition) is 8. The van der Waals surface area contributed by atoms with Gasteiger partial charge < -0.3 is 14.9 Å². The van der Waals surface area contributed by atoms with Crippen LogP contribution in [0.1, 0.15) is 95.6 Å². The van der Waals surface area contributed by atoms with Crippen LogP contribution in [0.5, 0.6) is 5.75 Å². The highest BCUT2D eigenvalue weighted by atomic mass is 16.5. The third-order valence-electron chi connectivity index (χ3n) is 9.98. The average molecular weight is 594 g/mol. The SMILES string of the molecule is C=CCCOC(=O)Nc1cc(C(C)C)c2c(c1O)C(=O)C1C(=O)[C@]3(O)C(=O)C(C(C)=O)=C(C)[C@@H](C(C)C)[C@]3(C)C[C@]1(C)C2. The van der Waals surface area contributed by atoms with Crippen LogP contribution in [0.2, 0.25) is 0 Å². The first-order chi connectivity index (χ1) is 19.9. The van der Waals surface area contributed by atoms with Crippen molar-refractivity contribution in [2.75, 3.05) is 11.9 Å². The number of fused-ring (bicyclic) bond motifs is 3. The smallest absolute Gasteiger partial charge is 0.411 e. The highest BCUT2D eigenvalue weighted by Gasteiger charge is 2.73. The molecule has 0 saturated heterocycles. The highest BCUT2D eigenvalue weighted by molar-refractivity contribution is 6.33. The molecule has 232 valence electrons. The molecular formula is C34H43NO8. The van der Waals surface area contributed by atoms with E-state index in [9.17, 15) is 34.2 Å². The van der Waals surface area contributed by atoms with Crippen molar-refractivity contribution in [2.24, 2.45) is 28.6 Å². The van der Waals surface area contributed by atoms with E-state index in [0.29, 0.717) is 17.6 Å². The Balaban J connectivity index is 1.92. The maximum Gasteiger partial charge on any atom is 0.411 e. The van der Waals surface area contributed by atoms with Gasteiger partial charge in [0.15, 0.2) is 23.0 Å². The number of nitrogens with one attached hydrogen (secondary N) is 1. The number of rotatable bonds is 7. The molecule has 5 atom stereocenters. The maximum atomic E-state index is 14.5. The number of hydrogen-bond donors (Lipinski definition) is 3. The molecular weight excluding hydrogens is 550 g/mol. The lowest BCUT2D eigenvalue weighted by atomic mass is 9.40. The van der Waals surface area contributed by atoms with E-state index in [1.165, 1.54) is 6.92 Å². The number of ether oxygens (including phenoxy) is 1. The normalized spacial score (nSPS) is 30.2. The van der Waals surface area contributed by atoms with Crippen LogP contribution < -0.4 is 5.32 Å². The summed E-state index contributed by atoms with van der Waals surface area (Å²) in [6.45, 7) is 17.9. The molecule has 1 unspecified atom stereocenters. The summed E-state index contributed by atoms with van der Waals surface area (Å²) >= 11 is 0. The number of Topliss-reactive ketones (excluding diaryl/α,β-unsaturated/α-hetero) is 4. The van der Waals surface area contributed by atoms with Crippen molar-refractivity contribution in [3.05, 3.63) is 46.6 Å². The number of allylic oxidation sites excluding steroid dienone is 1. The number of carbonyl (C=O) groups excluding carboxylic acids is 5. The molecule has 9 nitrogen and oxygen atoms in total. The van der Waals surface area contributed by atoms with Crippen molar-refractivity contribution in [3.63, 3.8) is 0 Å². The van der Waals surface area contributed by atoms with Crippen molar-refractivity contribution >= 4 is 34.9 Å². The fourth-order valence-corrected chi connectivity index (χ4v) is 8.58. The number of anilines is 1. The first-order valence-electron chi connectivity index (χ1n) is 14.9. The number of phenolic OH excluding ortho intramolecular Hbond substituents is 1. The molecule has 1 amide bonds. The standard InChI is InChI=1S/C34H43NO8/c1-10-11-12-43-31(41)35-22-13-20(16(2)3)21-14-32(8)15-33(9)25(17(4)5)18(6)23(19(7)36)29(39)34(33,42)30(40)26(32)28(38)24(21)27(22)37/h10,13,16-17,25-26,37,42H,1,11-12,14-15H2,2-9H3,(H,35,41)/t25-,26?,32+,33+,34-/m1/s1. The van der Waals surface area contributed by atoms with E-state index in [-0.39, 0.29) is 48.1 Å². The van der Waals surface area contributed by atoms with Gasteiger partial charge in [-0.1, -0.05) is 53.2 Å². The second-order valence-electron chi connectivity index (χ2n) is 13.7. The van der Waals surface area contributed by atoms with Gasteiger partial charge in [0.1, 0.15) is 5.75 Å². The Morgan fingerprint density at radius 1 is 1.19 bits per heavy atom. The number of phenols is 1. The molecule has 3 aliphatic rings. The fourth-order valence-electron chi connectivity index (χ4n) is 8.58. The van der Waals surface area contributed by atoms with Crippen molar-refractivity contribution in [3.8, 4) is 5.75 Å². The molecule has 0 radical (unpaired) electrons. The monoisotopic (exact) mass is 593 g/mol. The second-order valence-corrected chi connectivity index (χ2v) is 13.7. The van der Waals surface area contributed by atoms with Crippen molar-refractivity contribution in [2.45, 2.75) is 86.2 Å². The van der Waals surface area contributed by atoms with Gasteiger partial charge in [-0.2, -0.15) is 0 Å². The average Bonchev–Trinajstić information content (AvgIpc) is 2.87. The summed E-state index contributed by atoms with van der Waals surface area (Å²) in [5.41, 5.74) is -3.41. The van der Waals surface area contributed by atoms with Crippen molar-refractivity contribution in [1.29, 1.82) is 0 Å². The van der Waals surface area contributed by atoms with E-state index < -0.39 is 63.2 Å². The Kier molecular flexibility index (Phi) is 8.15. The molecule has 4 rings (SSSR count). The largest absolute Gasteiger partial charge is 0.505 e. The van der Waals surface area contributed by atoms with Crippen LogP contribution in [0, 0.1) is 28.6 Å². The van der Waals surface area contributed by atoms with Gasteiger partial charge >= 0.3 is 6.09 Å². The zero-order valence-corrected chi connectivity index (χ0v) is 26.3. The van der Waals surface area contributed by atoms with Crippen molar-refractivity contribution in [1.82, 2.24) is 0 Å². The quantitative estimate of drug-likeness (QED) is 0.124. The highest BCUT2D eigenvalue weighted by Crippen LogP contribution is 2.65. The number of ketones is 4. The Morgan fingerprint density at radius 2 is 1.81 bits per heavy atom. The molecule has 0 bridgehead atoms. The number of aliphatic hydroxyl groups is 1. The summed E-state index contributed by atoms with van der Waals surface area (Å²) in [5.74, 6) is -5.87. The van der Waals surface area contributed by atoms with Crippen LogP contribution in [-0.4, -0.2) is 51.6 Å². The number of amides is 1. The lowest BCUT2D eigenvalue weighted by Gasteiger charge is -2.62. The molecule has 0 heterocycles. The molecule has 1 aromatic carbocycles. The minimum Gasteiger partial charge on any atom is -0.505 e. The Morgan fingerprint density at radius 3 is 2.35 bits per heavy atom. The minimum atomic E-state index is -2.61. The molecule has 0 aliphatic heterocycles. The van der Waals surface area contributed by atoms with Gasteiger partial charge in [0.25, 0.3) is 0 Å². The van der Waals surface area contributed by atoms with Gasteiger partial charge in [-0.05, 0) is 73.5 Å². The maximum absolute atomic E-state index is 14.5. The second kappa shape index (κ2) is 10.8. The zero-order valence-electron chi connectivity index (χ0n) is 26.3. The van der Waals surface area contributed by atoms with Gasteiger partial charge in [0.05, 0.1) is 29.3 Å². The van der Waals surface area contributed by atoms with E-state index in [4.69, 9.17) is 4.74 Å². The zero-order chi connectivity index (χ0) is 32.4. The molecule has 3 N–H and O–H groups in total. The number of aromatic hydroxyl groups is 1. The van der Waals surface area contributed by atoms with E-state index in [0.717, 1.165) is 5.56 Å². The van der Waals surface area contributed by atoms with Crippen molar-refractivity contribution < 1.29 is 38.9 Å². The Labute approximate surface area is 252 Å². The predicted octanol–water partition coefficient (Wildman–Crippen LogP) is 5.47. The molecule has 1 saturated carbocycles. The molecule has 1 aromatic rings. The summed E-state index contributed by atoms with van der Waals surface area (Å²) in [5, 5.41) is 26.1. The lowest BCUT2D eigenvalue weighted by Crippen LogP contribution is -2.73. The number of benzene rings is 1. The van der Waals surface area contributed by atoms with Gasteiger partial charge in [0.2, 0.25) is 5.78 Å². The van der Waals surface area contributed by atoms with Gasteiger partial charge in [-0.15, -0.1) is 6.58 Å². The fraction of sp³-hybridized carbons (Fsp3) is 0.559. The van der Waals surface area contributed by atoms with E-state index in [1.807, 2.05) is 34.6 Å². The number of carbonyl (C=O) groups is 5. The van der Waals surface area contributed by atoms with Crippen LogP contribution in [0.4, 0.5) is 10.5 Å². The predicted molar refractivity (Wildman–Crippen MR) is 161 cm³/mol. The van der Waals surface area contributed by atoms with Crippen LogP contribution in [-0.2, 0) is 25.5 Å². The summed E-state index contributed by atoms with van der Waals surface area (Å²) in [4.78, 5) is 68.0. The van der Waals surface area contributed by atoms with Crippen LogP contribution >= 0.6 is 0 Å². The van der Waals surface area contributed by atoms with Crippen LogP contribution in [0.25, 0.3) is 0 Å². The summed E-state index contributed by atoms with van der Waals surface area (Å²) in [6.07, 6.45) is 1.57. The summed E-state index contributed by atoms with van der Waals surface area (Å²) in [7, 11) is 0. The van der Waals surface area contributed by atoms with Gasteiger partial charge in [0, 0.05) is 5.41 Å². The summed E-state index contributed by atoms with van der Waals surface area (Å²) in [6, 6.07) is 1.63. The Hall–Kier alpha value is -3.59. The third-order valence-corrected chi connectivity index (χ3v) is 9.98. The third kappa shape index (κ3) is 4.58. The minimum absolute atomic E-state index is 0.0409. The van der Waals surface area contributed by atoms with E-state index in [2.05, 4.69) is 11.9 Å². The first-order valence-corrected chi connectivity index (χ1v) is 14.9. The van der Waals surface area contributed by atoms with E-state index >= 15 is 0 Å². The lowest BCUT2D eigenvalue weighted by molar-refractivity contribution is -0.192. The molecule has 43 heavy (non-hydrogen) atoms. The topological polar surface area (TPSA) is 147 Å². The molecule has 0 aromatic heterocycles. The first kappa shape index (κ1) is 32.3. The van der Waals surface area contributed by atoms with Crippen LogP contribution in [0.3, 0.4) is 0 Å². The summed E-state index contributed by atoms with van der Waals surface area (Å²) < 4.78 is 5.12. The molecule has 0 spiro atoms. The molecule has 1 fully saturated rings. The molecule has 9 heteroatoms. The molecule has 3 aliphatic carbocycles. The Bertz CT molecular complexity index is 1490. The van der Waals surface area contributed by atoms with Crippen LogP contribution in [0.15, 0.2) is 29.9 Å². The van der Waals surface area contributed by atoms with Gasteiger partial charge in [-0.3, -0.25) is 24.5 Å². The van der Waals surface area contributed by atoms with Gasteiger partial charge in [-0.25, -0.2) is 4.79 Å². The van der Waals surface area contributed by atoms with E-state index in [1.54, 1.807) is 26.0 Å².